The van der Waals surface area contributed by atoms with Gasteiger partial charge in [-0.15, -0.1) is 11.8 Å². The average Bonchev–Trinajstić information content (AvgIpc) is 3.37. The summed E-state index contributed by atoms with van der Waals surface area (Å²) in [4.78, 5) is 34.0. The molecule has 5 N–H and O–H groups in total. The molecule has 51 heavy (non-hydrogen) atoms. The normalized spacial score (nSPS) is 14.8. The first-order valence-electron chi connectivity index (χ1n) is 18.4. The van der Waals surface area contributed by atoms with Crippen LogP contribution in [0.1, 0.15) is 84.8 Å². The molecule has 0 unspecified atom stereocenters. The number of rotatable bonds is 24. The second kappa shape index (κ2) is 22.1. The van der Waals surface area contributed by atoms with Crippen molar-refractivity contribution in [3.63, 3.8) is 0 Å². The monoisotopic (exact) mass is 736 g/mol. The van der Waals surface area contributed by atoms with Gasteiger partial charge in [-0.25, -0.2) is 5.90 Å². The summed E-state index contributed by atoms with van der Waals surface area (Å²) in [5, 5.41) is 16.4. The van der Waals surface area contributed by atoms with E-state index in [1.54, 1.807) is 0 Å². The van der Waals surface area contributed by atoms with E-state index in [1.165, 1.54) is 16.0 Å². The van der Waals surface area contributed by atoms with Gasteiger partial charge in [-0.05, 0) is 74.2 Å². The van der Waals surface area contributed by atoms with Crippen LogP contribution in [0.3, 0.4) is 0 Å². The summed E-state index contributed by atoms with van der Waals surface area (Å²) in [7, 11) is 0. The van der Waals surface area contributed by atoms with Gasteiger partial charge >= 0.3 is 0 Å². The molecule has 0 spiro atoms. The maximum absolute atomic E-state index is 12.2. The van der Waals surface area contributed by atoms with E-state index in [9.17, 15) is 14.7 Å². The van der Waals surface area contributed by atoms with Gasteiger partial charge in [-0.1, -0.05) is 41.5 Å². The molecular weight excluding hydrogens is 673 g/mol. The number of aromatic nitrogens is 1. The highest BCUT2D eigenvalue weighted by Gasteiger charge is 2.26. The number of fused-ring (bicyclic) bond motifs is 1. The van der Waals surface area contributed by atoms with Crippen molar-refractivity contribution in [3.05, 3.63) is 23.3 Å². The Hall–Kier alpha value is -2.23. The second-order valence-corrected chi connectivity index (χ2v) is 17.4. The van der Waals surface area contributed by atoms with Crippen LogP contribution in [-0.4, -0.2) is 111 Å². The van der Waals surface area contributed by atoms with E-state index in [0.717, 1.165) is 49.9 Å². The van der Waals surface area contributed by atoms with Gasteiger partial charge in [0.25, 0.3) is 0 Å². The summed E-state index contributed by atoms with van der Waals surface area (Å²) >= 11 is 1.87. The number of benzene rings is 1. The molecule has 1 amide bonds. The molecule has 1 saturated heterocycles. The van der Waals surface area contributed by atoms with Gasteiger partial charge in [0.2, 0.25) is 5.91 Å². The molecule has 13 heteroatoms. The molecule has 0 saturated carbocycles. The van der Waals surface area contributed by atoms with E-state index in [2.05, 4.69) is 67.6 Å². The number of nitrogens with two attached hydrogens (primary N) is 1. The third-order valence-corrected chi connectivity index (χ3v) is 9.71. The quantitative estimate of drug-likeness (QED) is 0.0624. The highest BCUT2D eigenvalue weighted by atomic mass is 32.2. The number of nitrogens with one attached hydrogen (secondary N) is 2. The van der Waals surface area contributed by atoms with E-state index in [-0.39, 0.29) is 35.1 Å². The SMILES string of the molecule is CC(C)(C)Cc1c(SC(C)(C)C)[nH]c2c(CN3CCC(CCNC(=O)COCCOCCOCCOCCCC(=O)CON)CC3)c(O)ccc12. The van der Waals surface area contributed by atoms with Crippen LogP contribution in [0.2, 0.25) is 0 Å². The van der Waals surface area contributed by atoms with E-state index in [0.29, 0.717) is 83.8 Å². The van der Waals surface area contributed by atoms with Gasteiger partial charge in [-0.2, -0.15) is 0 Å². The lowest BCUT2D eigenvalue weighted by Gasteiger charge is -2.32. The predicted molar refractivity (Wildman–Crippen MR) is 202 cm³/mol. The number of thioether (sulfide) groups is 1. The van der Waals surface area contributed by atoms with Crippen LogP contribution in [0.5, 0.6) is 5.75 Å². The Labute approximate surface area is 309 Å². The van der Waals surface area contributed by atoms with Crippen molar-refractivity contribution in [1.29, 1.82) is 0 Å². The lowest BCUT2D eigenvalue weighted by molar-refractivity contribution is -0.126. The van der Waals surface area contributed by atoms with Crippen molar-refractivity contribution in [2.75, 3.05) is 79.1 Å². The number of hydrogen-bond donors (Lipinski definition) is 4. The largest absolute Gasteiger partial charge is 0.508 e. The molecule has 1 aliphatic heterocycles. The van der Waals surface area contributed by atoms with Crippen molar-refractivity contribution >= 4 is 34.4 Å². The highest BCUT2D eigenvalue weighted by molar-refractivity contribution is 8.00. The first-order chi connectivity index (χ1) is 24.3. The number of nitrogens with zero attached hydrogens (tertiary/aromatic N) is 1. The van der Waals surface area contributed by atoms with Gasteiger partial charge in [0.05, 0.1) is 50.2 Å². The first kappa shape index (κ1) is 43.2. The Morgan fingerprint density at radius 3 is 2.16 bits per heavy atom. The fraction of sp³-hybridized carbons (Fsp3) is 0.737. The number of phenols is 1. The summed E-state index contributed by atoms with van der Waals surface area (Å²) < 4.78 is 21.9. The molecule has 0 bridgehead atoms. The number of phenolic OH excluding ortho intramolecular Hbond substituents is 1. The minimum atomic E-state index is -0.114. The van der Waals surface area contributed by atoms with Crippen LogP contribution in [-0.2, 0) is 46.3 Å². The minimum absolute atomic E-state index is 0.0156. The van der Waals surface area contributed by atoms with Crippen molar-refractivity contribution in [2.24, 2.45) is 17.2 Å². The number of H-pyrrole nitrogens is 1. The van der Waals surface area contributed by atoms with Crippen LogP contribution in [0.4, 0.5) is 0 Å². The van der Waals surface area contributed by atoms with Crippen LogP contribution >= 0.6 is 11.8 Å². The lowest BCUT2D eigenvalue weighted by atomic mass is 9.88. The number of aromatic amines is 1. The smallest absolute Gasteiger partial charge is 0.245 e. The number of aromatic hydroxyl groups is 1. The maximum Gasteiger partial charge on any atom is 0.245 e. The predicted octanol–water partition coefficient (Wildman–Crippen LogP) is 5.38. The Kier molecular flexibility index (Phi) is 18.7. The number of carbonyl (C=O) groups excluding carboxylic acids is 2. The summed E-state index contributed by atoms with van der Waals surface area (Å²) in [5.74, 6) is 5.61. The highest BCUT2D eigenvalue weighted by Crippen LogP contribution is 2.42. The summed E-state index contributed by atoms with van der Waals surface area (Å²) in [6, 6.07) is 3.94. The number of Topliss-reactive ketones (excluding diaryl/α,β-unsaturated/α-hetero) is 1. The topological polar surface area (TPSA) is 158 Å². The number of likely N-dealkylation sites (tertiary alicyclic amines) is 1. The van der Waals surface area contributed by atoms with E-state index in [4.69, 9.17) is 24.8 Å². The standard InChI is InChI=1S/C38H64N4O8S/c1-37(2,3)24-31-30-9-10-33(44)32(35(30)41-36(31)51-38(4,5)6)25-42-15-12-28(13-16-42)11-14-40-34(45)27-49-23-22-48-21-20-47-19-18-46-17-7-8-29(43)26-50-39/h9-10,28,41,44H,7-8,11-27,39H2,1-6H3,(H,40,45). The lowest BCUT2D eigenvalue weighted by Crippen LogP contribution is -2.35. The Bertz CT molecular complexity index is 1330. The molecule has 0 aliphatic carbocycles. The fourth-order valence-electron chi connectivity index (χ4n) is 6.09. The zero-order valence-electron chi connectivity index (χ0n) is 31.9. The molecule has 2 heterocycles. The van der Waals surface area contributed by atoms with Gasteiger partial charge in [-0.3, -0.25) is 19.3 Å². The second-order valence-electron chi connectivity index (χ2n) is 15.6. The molecular formula is C38H64N4O8S. The maximum atomic E-state index is 12.2. The Morgan fingerprint density at radius 1 is 0.922 bits per heavy atom. The molecule has 0 radical (unpaired) electrons. The van der Waals surface area contributed by atoms with Crippen molar-refractivity contribution in [2.45, 2.75) is 96.4 Å². The minimum Gasteiger partial charge on any atom is -0.508 e. The number of carbonyl (C=O) groups is 2. The van der Waals surface area contributed by atoms with E-state index < -0.39 is 0 Å². The molecule has 1 aromatic heterocycles. The molecule has 1 aliphatic rings. The van der Waals surface area contributed by atoms with Crippen LogP contribution < -0.4 is 11.2 Å². The van der Waals surface area contributed by atoms with Crippen molar-refractivity contribution in [1.82, 2.24) is 15.2 Å². The number of hydrogen-bond acceptors (Lipinski definition) is 11. The third kappa shape index (κ3) is 17.0. The fourth-order valence-corrected chi connectivity index (χ4v) is 7.16. The number of ether oxygens (including phenoxy) is 4. The average molecular weight is 737 g/mol. The molecule has 1 fully saturated rings. The third-order valence-electron chi connectivity index (χ3n) is 8.54. The molecule has 1 aromatic carbocycles. The van der Waals surface area contributed by atoms with Crippen LogP contribution in [0, 0.1) is 11.3 Å². The summed E-state index contributed by atoms with van der Waals surface area (Å²) in [6.07, 6.45) is 5.05. The first-order valence-corrected chi connectivity index (χ1v) is 19.2. The molecule has 2 aromatic rings. The van der Waals surface area contributed by atoms with E-state index in [1.807, 2.05) is 17.8 Å². The zero-order valence-corrected chi connectivity index (χ0v) is 32.7. The molecule has 12 nitrogen and oxygen atoms in total. The summed E-state index contributed by atoms with van der Waals surface area (Å²) in [5.41, 5.74) is 3.53. The Morgan fingerprint density at radius 2 is 1.55 bits per heavy atom. The number of amides is 1. The van der Waals surface area contributed by atoms with Crippen molar-refractivity contribution in [3.8, 4) is 5.75 Å². The van der Waals surface area contributed by atoms with Crippen LogP contribution in [0.15, 0.2) is 17.2 Å². The van der Waals surface area contributed by atoms with Gasteiger partial charge in [0, 0.05) is 41.8 Å². The number of ketones is 1. The Balaban J connectivity index is 1.26. The summed E-state index contributed by atoms with van der Waals surface area (Å²) in [6.45, 7) is 19.7. The number of piperidine rings is 1. The van der Waals surface area contributed by atoms with E-state index >= 15 is 0 Å². The molecule has 0 atom stereocenters. The van der Waals surface area contributed by atoms with Gasteiger partial charge < -0.3 is 34.4 Å². The van der Waals surface area contributed by atoms with Gasteiger partial charge in [0.15, 0.2) is 5.78 Å². The zero-order chi connectivity index (χ0) is 37.3. The molecule has 290 valence electrons. The van der Waals surface area contributed by atoms with Crippen molar-refractivity contribution < 1.29 is 38.5 Å². The molecule has 3 rings (SSSR count). The van der Waals surface area contributed by atoms with Crippen LogP contribution in [0.25, 0.3) is 10.9 Å². The van der Waals surface area contributed by atoms with Gasteiger partial charge in [0.1, 0.15) is 19.0 Å².